The van der Waals surface area contributed by atoms with E-state index in [0.29, 0.717) is 0 Å². The number of benzene rings is 2. The van der Waals surface area contributed by atoms with Crippen LogP contribution in [0.25, 0.3) is 0 Å². The molecule has 2 aromatic rings. The molecule has 2 aromatic carbocycles. The molecule has 0 saturated heterocycles. The second-order valence-corrected chi connectivity index (χ2v) is 7.16. The lowest BCUT2D eigenvalue weighted by molar-refractivity contribution is 0.317. The Morgan fingerprint density at radius 3 is 2.11 bits per heavy atom. The van der Waals surface area contributed by atoms with Gasteiger partial charge >= 0.3 is 0 Å². The fourth-order valence-electron chi connectivity index (χ4n) is 3.27. The largest absolute Gasteiger partial charge is 0.497 e. The van der Waals surface area contributed by atoms with Crippen LogP contribution < -0.4 is 4.74 Å². The maximum absolute atomic E-state index is 9.36. The Morgan fingerprint density at radius 1 is 0.926 bits per heavy atom. The van der Waals surface area contributed by atoms with Crippen LogP contribution in [-0.4, -0.2) is 43.6 Å². The van der Waals surface area contributed by atoms with E-state index in [2.05, 4.69) is 48.4 Å². The molecule has 146 valence electrons. The average molecular weight is 369 g/mol. The first-order chi connectivity index (χ1) is 13.1. The van der Waals surface area contributed by atoms with Gasteiger partial charge < -0.3 is 14.8 Å². The third kappa shape index (κ3) is 7.06. The summed E-state index contributed by atoms with van der Waals surface area (Å²) >= 11 is 0. The Kier molecular flexibility index (Phi) is 8.85. The first-order valence-electron chi connectivity index (χ1n) is 9.71. The molecule has 0 aliphatic rings. The van der Waals surface area contributed by atoms with Gasteiger partial charge in [0.25, 0.3) is 0 Å². The molecule has 0 amide bonds. The van der Waals surface area contributed by atoms with Crippen LogP contribution in [0.2, 0.25) is 0 Å². The molecule has 0 aliphatic heterocycles. The summed E-state index contributed by atoms with van der Waals surface area (Å²) in [5.41, 5.74) is 4.59. The number of aryl methyl sites for hydroxylation is 2. The van der Waals surface area contributed by atoms with Crippen LogP contribution in [0.3, 0.4) is 0 Å². The third-order valence-corrected chi connectivity index (χ3v) is 4.82. The van der Waals surface area contributed by atoms with Crippen LogP contribution in [0.5, 0.6) is 5.75 Å². The first-order valence-corrected chi connectivity index (χ1v) is 9.71. The van der Waals surface area contributed by atoms with Crippen molar-refractivity contribution < 1.29 is 9.94 Å². The van der Waals surface area contributed by atoms with Crippen molar-refractivity contribution in [1.29, 1.82) is 0 Å². The van der Waals surface area contributed by atoms with Gasteiger partial charge in [0, 0.05) is 0 Å². The summed E-state index contributed by atoms with van der Waals surface area (Å²) in [5.74, 6) is 0.807. The highest BCUT2D eigenvalue weighted by Crippen LogP contribution is 2.17. The van der Waals surface area contributed by atoms with Crippen molar-refractivity contribution >= 4 is 5.71 Å². The Hall–Kier alpha value is -2.33. The zero-order valence-electron chi connectivity index (χ0n) is 16.8. The third-order valence-electron chi connectivity index (χ3n) is 4.82. The van der Waals surface area contributed by atoms with Crippen molar-refractivity contribution in [1.82, 2.24) is 4.90 Å². The van der Waals surface area contributed by atoms with Crippen molar-refractivity contribution in [2.24, 2.45) is 5.16 Å². The van der Waals surface area contributed by atoms with Crippen LogP contribution in [0.15, 0.2) is 53.7 Å². The Bertz CT molecular complexity index is 709. The number of hydrogen-bond donors (Lipinski definition) is 1. The second kappa shape index (κ2) is 11.4. The summed E-state index contributed by atoms with van der Waals surface area (Å²) < 4.78 is 5.18. The van der Waals surface area contributed by atoms with Gasteiger partial charge in [-0.2, -0.15) is 0 Å². The maximum atomic E-state index is 9.36. The quantitative estimate of drug-likeness (QED) is 0.269. The zero-order valence-corrected chi connectivity index (χ0v) is 16.8. The number of ether oxygens (including phenoxy) is 1. The van der Waals surface area contributed by atoms with Gasteiger partial charge in [0.2, 0.25) is 0 Å². The molecule has 4 nitrogen and oxygen atoms in total. The smallest absolute Gasteiger partial charge is 0.118 e. The normalized spacial score (nSPS) is 11.8. The number of methoxy groups -OCH3 is 1. The van der Waals surface area contributed by atoms with E-state index >= 15 is 0 Å². The SMILES string of the molecule is COc1ccc(C(CCCCc2ccccc2CCCN(C)C)=NO)cc1. The molecule has 4 heteroatoms. The predicted octanol–water partition coefficient (Wildman–Crippen LogP) is 4.78. The molecule has 0 saturated carbocycles. The molecule has 0 atom stereocenters. The Balaban J connectivity index is 1.83. The van der Waals surface area contributed by atoms with E-state index in [1.54, 1.807) is 7.11 Å². The van der Waals surface area contributed by atoms with Crippen molar-refractivity contribution in [2.45, 2.75) is 38.5 Å². The second-order valence-electron chi connectivity index (χ2n) is 7.16. The van der Waals surface area contributed by atoms with E-state index in [-0.39, 0.29) is 0 Å². The summed E-state index contributed by atoms with van der Waals surface area (Å²) in [7, 11) is 5.89. The topological polar surface area (TPSA) is 45.1 Å². The minimum atomic E-state index is 0.733. The molecule has 0 fully saturated rings. The number of unbranched alkanes of at least 4 members (excludes halogenated alkanes) is 1. The van der Waals surface area contributed by atoms with E-state index < -0.39 is 0 Å². The summed E-state index contributed by atoms with van der Waals surface area (Å²) in [4.78, 5) is 2.23. The lowest BCUT2D eigenvalue weighted by Gasteiger charge is -2.12. The van der Waals surface area contributed by atoms with Gasteiger partial charge in [0.15, 0.2) is 0 Å². The van der Waals surface area contributed by atoms with Crippen molar-refractivity contribution in [3.05, 3.63) is 65.2 Å². The lowest BCUT2D eigenvalue weighted by atomic mass is 9.97. The van der Waals surface area contributed by atoms with E-state index in [1.807, 2.05) is 24.3 Å². The molecule has 1 N–H and O–H groups in total. The lowest BCUT2D eigenvalue weighted by Crippen LogP contribution is -2.13. The average Bonchev–Trinajstić information content (AvgIpc) is 2.69. The minimum absolute atomic E-state index is 0.733. The molecule has 27 heavy (non-hydrogen) atoms. The van der Waals surface area contributed by atoms with Gasteiger partial charge in [-0.3, -0.25) is 0 Å². The van der Waals surface area contributed by atoms with Crippen molar-refractivity contribution in [3.8, 4) is 5.75 Å². The highest BCUT2D eigenvalue weighted by molar-refractivity contribution is 6.00. The monoisotopic (exact) mass is 368 g/mol. The van der Waals surface area contributed by atoms with Crippen LogP contribution in [-0.2, 0) is 12.8 Å². The van der Waals surface area contributed by atoms with Gasteiger partial charge in [-0.15, -0.1) is 0 Å². The van der Waals surface area contributed by atoms with Gasteiger partial charge in [0.1, 0.15) is 5.75 Å². The Labute approximate surface area is 163 Å². The summed E-state index contributed by atoms with van der Waals surface area (Å²) in [5, 5.41) is 12.9. The minimum Gasteiger partial charge on any atom is -0.497 e. The summed E-state index contributed by atoms with van der Waals surface area (Å²) in [6.07, 6.45) is 6.23. The van der Waals surface area contributed by atoms with E-state index in [0.717, 1.165) is 55.7 Å². The number of rotatable bonds is 11. The zero-order chi connectivity index (χ0) is 19.5. The van der Waals surface area contributed by atoms with Gasteiger partial charge in [-0.25, -0.2) is 0 Å². The van der Waals surface area contributed by atoms with E-state index in [9.17, 15) is 5.21 Å². The fraction of sp³-hybridized carbons (Fsp3) is 0.435. The van der Waals surface area contributed by atoms with Crippen LogP contribution in [0.1, 0.15) is 42.4 Å². The molecule has 0 heterocycles. The highest BCUT2D eigenvalue weighted by atomic mass is 16.5. The maximum Gasteiger partial charge on any atom is 0.118 e. The summed E-state index contributed by atoms with van der Waals surface area (Å²) in [6.45, 7) is 1.12. The summed E-state index contributed by atoms with van der Waals surface area (Å²) in [6, 6.07) is 16.4. The van der Waals surface area contributed by atoms with E-state index in [4.69, 9.17) is 4.74 Å². The van der Waals surface area contributed by atoms with Crippen LogP contribution in [0.4, 0.5) is 0 Å². The van der Waals surface area contributed by atoms with Gasteiger partial charge in [-0.05, 0) is 100 Å². The molecule has 0 spiro atoms. The molecule has 0 unspecified atom stereocenters. The van der Waals surface area contributed by atoms with Crippen LogP contribution in [0, 0.1) is 0 Å². The van der Waals surface area contributed by atoms with Crippen molar-refractivity contribution in [3.63, 3.8) is 0 Å². The molecular formula is C23H32N2O2. The highest BCUT2D eigenvalue weighted by Gasteiger charge is 2.07. The molecule has 0 bridgehead atoms. The number of nitrogens with zero attached hydrogens (tertiary/aromatic N) is 2. The Morgan fingerprint density at radius 2 is 1.56 bits per heavy atom. The molecule has 2 rings (SSSR count). The van der Waals surface area contributed by atoms with Gasteiger partial charge in [-0.1, -0.05) is 29.4 Å². The molecular weight excluding hydrogens is 336 g/mol. The number of oxime groups is 1. The first kappa shape index (κ1) is 21.0. The van der Waals surface area contributed by atoms with E-state index in [1.165, 1.54) is 17.5 Å². The molecule has 0 aliphatic carbocycles. The van der Waals surface area contributed by atoms with Gasteiger partial charge in [0.05, 0.1) is 12.8 Å². The van der Waals surface area contributed by atoms with Crippen molar-refractivity contribution in [2.75, 3.05) is 27.7 Å². The fourth-order valence-corrected chi connectivity index (χ4v) is 3.27. The standard InChI is InChI=1S/C23H32N2O2/c1-25(2)18-8-12-20-10-5-4-9-19(20)11-6-7-13-23(24-26)21-14-16-22(27-3)17-15-21/h4-5,9-10,14-17,26H,6-8,11-13,18H2,1-3H3. The van der Waals surface area contributed by atoms with Crippen LogP contribution >= 0.6 is 0 Å². The molecule has 0 radical (unpaired) electrons. The molecule has 0 aromatic heterocycles. The number of hydrogen-bond acceptors (Lipinski definition) is 4. The predicted molar refractivity (Wildman–Crippen MR) is 112 cm³/mol.